The molecular weight excluding hydrogens is 468 g/mol. The van der Waals surface area contributed by atoms with Crippen LogP contribution in [0.4, 0.5) is 5.69 Å². The van der Waals surface area contributed by atoms with Crippen LogP contribution in [0, 0.1) is 6.92 Å². The second-order valence-corrected chi connectivity index (χ2v) is 9.36. The zero-order chi connectivity index (χ0) is 26.0. The Labute approximate surface area is 212 Å². The van der Waals surface area contributed by atoms with Gasteiger partial charge in [-0.3, -0.25) is 13.9 Å². The number of phenols is 1. The molecule has 3 aromatic carbocycles. The van der Waals surface area contributed by atoms with Crippen LogP contribution in [-0.2, 0) is 14.1 Å². The molecule has 1 atom stereocenters. The first-order chi connectivity index (χ1) is 17.8. The predicted octanol–water partition coefficient (Wildman–Crippen LogP) is 4.23. The number of ether oxygens (including phenoxy) is 1. The standard InChI is InChI=1S/C29H26N4O4/c1-16-9-7-10-17(15-16)24-22-25(31(2)29(36)32(3)28(22)35)26-23(18-11-8-14-21(37-4)27(18)34)30-19-12-5-6-13-20(19)33(24)26/h5-15,23,30,34H,1-4H3/t23-/m0/s1. The van der Waals surface area contributed by atoms with Gasteiger partial charge in [0, 0.05) is 19.7 Å². The molecule has 186 valence electrons. The molecule has 3 heterocycles. The number of nitrogens with one attached hydrogen (secondary N) is 1. The van der Waals surface area contributed by atoms with Gasteiger partial charge < -0.3 is 19.7 Å². The van der Waals surface area contributed by atoms with E-state index in [2.05, 4.69) is 9.88 Å². The summed E-state index contributed by atoms with van der Waals surface area (Å²) in [6, 6.07) is 20.5. The lowest BCUT2D eigenvalue weighted by Gasteiger charge is -2.31. The summed E-state index contributed by atoms with van der Waals surface area (Å²) in [6.45, 7) is 2.01. The fourth-order valence-electron chi connectivity index (χ4n) is 5.45. The Balaban J connectivity index is 1.87. The van der Waals surface area contributed by atoms with Gasteiger partial charge in [0.05, 0.1) is 46.8 Å². The lowest BCUT2D eigenvalue weighted by molar-refractivity contribution is 0.370. The van der Waals surface area contributed by atoms with Crippen LogP contribution in [0.25, 0.3) is 27.8 Å². The quantitative estimate of drug-likeness (QED) is 0.392. The Morgan fingerprint density at radius 3 is 2.46 bits per heavy atom. The highest BCUT2D eigenvalue weighted by Gasteiger charge is 2.36. The maximum Gasteiger partial charge on any atom is 0.331 e. The number of hydrogen-bond acceptors (Lipinski definition) is 5. The summed E-state index contributed by atoms with van der Waals surface area (Å²) in [4.78, 5) is 26.9. The topological polar surface area (TPSA) is 90.4 Å². The van der Waals surface area contributed by atoms with Crippen molar-refractivity contribution < 1.29 is 9.84 Å². The Bertz CT molecular complexity index is 1840. The third-order valence-corrected chi connectivity index (χ3v) is 7.18. The SMILES string of the molecule is COc1cccc([C@@H]2Nc3ccccc3-n3c(-c4cccc(C)c4)c4c(=O)n(C)c(=O)n(C)c4c32)c1O. The summed E-state index contributed by atoms with van der Waals surface area (Å²) < 4.78 is 10.1. The molecule has 0 unspecified atom stereocenters. The molecule has 0 amide bonds. The van der Waals surface area contributed by atoms with Crippen LogP contribution >= 0.6 is 0 Å². The average Bonchev–Trinajstić information content (AvgIpc) is 3.27. The summed E-state index contributed by atoms with van der Waals surface area (Å²) in [6.07, 6.45) is 0. The molecule has 1 aliphatic rings. The van der Waals surface area contributed by atoms with E-state index < -0.39 is 11.7 Å². The normalized spacial score (nSPS) is 14.2. The molecule has 0 aliphatic carbocycles. The maximum atomic E-state index is 13.8. The van der Waals surface area contributed by atoms with Crippen LogP contribution in [0.5, 0.6) is 11.5 Å². The highest BCUT2D eigenvalue weighted by molar-refractivity contribution is 5.99. The van der Waals surface area contributed by atoms with Crippen molar-refractivity contribution in [3.05, 3.63) is 104 Å². The van der Waals surface area contributed by atoms with E-state index in [4.69, 9.17) is 4.74 Å². The van der Waals surface area contributed by atoms with Gasteiger partial charge in [0.25, 0.3) is 5.56 Å². The second-order valence-electron chi connectivity index (χ2n) is 9.36. The number of aromatic hydroxyl groups is 1. The number of aryl methyl sites for hydroxylation is 2. The molecule has 0 fully saturated rings. The zero-order valence-corrected chi connectivity index (χ0v) is 20.9. The summed E-state index contributed by atoms with van der Waals surface area (Å²) in [5, 5.41) is 15.2. The lowest BCUT2D eigenvalue weighted by atomic mass is 9.98. The number of nitrogens with zero attached hydrogens (tertiary/aromatic N) is 3. The Hall–Kier alpha value is -4.72. The van der Waals surface area contributed by atoms with Crippen LogP contribution in [0.1, 0.15) is 22.9 Å². The molecule has 0 saturated heterocycles. The van der Waals surface area contributed by atoms with Crippen molar-refractivity contribution in [3.63, 3.8) is 0 Å². The van der Waals surface area contributed by atoms with E-state index in [9.17, 15) is 14.7 Å². The molecule has 2 N–H and O–H groups in total. The van der Waals surface area contributed by atoms with Crippen molar-refractivity contribution in [2.24, 2.45) is 14.1 Å². The molecule has 0 bridgehead atoms. The van der Waals surface area contributed by atoms with E-state index in [-0.39, 0.29) is 11.3 Å². The first-order valence-electron chi connectivity index (χ1n) is 12.0. The van der Waals surface area contributed by atoms with E-state index in [1.54, 1.807) is 13.1 Å². The highest BCUT2D eigenvalue weighted by atomic mass is 16.5. The van der Waals surface area contributed by atoms with Gasteiger partial charge in [-0.1, -0.05) is 48.0 Å². The number of phenolic OH excluding ortho intramolecular Hbond substituents is 1. The molecule has 0 radical (unpaired) electrons. The van der Waals surface area contributed by atoms with E-state index in [1.165, 1.54) is 18.7 Å². The van der Waals surface area contributed by atoms with Crippen molar-refractivity contribution in [2.75, 3.05) is 12.4 Å². The molecule has 2 aromatic heterocycles. The molecule has 6 rings (SSSR count). The third kappa shape index (κ3) is 3.15. The van der Waals surface area contributed by atoms with Crippen molar-refractivity contribution in [1.82, 2.24) is 13.7 Å². The molecule has 1 aliphatic heterocycles. The van der Waals surface area contributed by atoms with Gasteiger partial charge in [0.15, 0.2) is 11.5 Å². The van der Waals surface area contributed by atoms with Gasteiger partial charge in [0.1, 0.15) is 0 Å². The fraction of sp³-hybridized carbons (Fsp3) is 0.172. The second kappa shape index (κ2) is 8.16. The number of para-hydroxylation sites is 3. The number of anilines is 1. The summed E-state index contributed by atoms with van der Waals surface area (Å²) >= 11 is 0. The Morgan fingerprint density at radius 2 is 1.70 bits per heavy atom. The molecular formula is C29H26N4O4. The van der Waals surface area contributed by atoms with E-state index in [0.29, 0.717) is 33.6 Å². The van der Waals surface area contributed by atoms with Crippen LogP contribution < -0.4 is 21.3 Å². The van der Waals surface area contributed by atoms with E-state index in [0.717, 1.165) is 27.1 Å². The first-order valence-corrected chi connectivity index (χ1v) is 12.0. The van der Waals surface area contributed by atoms with Crippen LogP contribution in [-0.4, -0.2) is 25.9 Å². The Morgan fingerprint density at radius 1 is 0.946 bits per heavy atom. The minimum atomic E-state index is -0.580. The number of benzene rings is 3. The zero-order valence-electron chi connectivity index (χ0n) is 20.9. The minimum Gasteiger partial charge on any atom is -0.504 e. The van der Waals surface area contributed by atoms with Gasteiger partial charge in [-0.05, 0) is 36.8 Å². The van der Waals surface area contributed by atoms with Gasteiger partial charge in [0.2, 0.25) is 0 Å². The highest BCUT2D eigenvalue weighted by Crippen LogP contribution is 2.48. The van der Waals surface area contributed by atoms with E-state index >= 15 is 0 Å². The number of methoxy groups -OCH3 is 1. The minimum absolute atomic E-state index is 0.00581. The van der Waals surface area contributed by atoms with Gasteiger partial charge >= 0.3 is 5.69 Å². The molecule has 0 saturated carbocycles. The van der Waals surface area contributed by atoms with Crippen molar-refractivity contribution in [3.8, 4) is 28.4 Å². The Kier molecular flexibility index (Phi) is 5.01. The van der Waals surface area contributed by atoms with Crippen molar-refractivity contribution in [2.45, 2.75) is 13.0 Å². The smallest absolute Gasteiger partial charge is 0.331 e. The molecule has 5 aromatic rings. The molecule has 37 heavy (non-hydrogen) atoms. The van der Waals surface area contributed by atoms with Crippen LogP contribution in [0.3, 0.4) is 0 Å². The van der Waals surface area contributed by atoms with Crippen molar-refractivity contribution in [1.29, 1.82) is 0 Å². The molecule has 8 nitrogen and oxygen atoms in total. The summed E-state index contributed by atoms with van der Waals surface area (Å²) in [7, 11) is 4.68. The monoisotopic (exact) mass is 494 g/mol. The number of rotatable bonds is 3. The largest absolute Gasteiger partial charge is 0.504 e. The third-order valence-electron chi connectivity index (χ3n) is 7.18. The lowest BCUT2D eigenvalue weighted by Crippen LogP contribution is -2.37. The maximum absolute atomic E-state index is 13.8. The summed E-state index contributed by atoms with van der Waals surface area (Å²) in [5.41, 5.74) is 5.26. The van der Waals surface area contributed by atoms with Gasteiger partial charge in [-0.25, -0.2) is 4.79 Å². The molecule has 8 heteroatoms. The van der Waals surface area contributed by atoms with Crippen molar-refractivity contribution >= 4 is 16.6 Å². The van der Waals surface area contributed by atoms with Crippen LogP contribution in [0.15, 0.2) is 76.3 Å². The van der Waals surface area contributed by atoms with Crippen LogP contribution in [0.2, 0.25) is 0 Å². The number of hydrogen-bond donors (Lipinski definition) is 2. The van der Waals surface area contributed by atoms with E-state index in [1.807, 2.05) is 67.6 Å². The van der Waals surface area contributed by atoms with Gasteiger partial charge in [-0.2, -0.15) is 0 Å². The summed E-state index contributed by atoms with van der Waals surface area (Å²) in [5.74, 6) is 0.331. The average molecular weight is 495 g/mol. The predicted molar refractivity (Wildman–Crippen MR) is 144 cm³/mol. The number of fused-ring (bicyclic) bond motifs is 5. The number of aromatic nitrogens is 3. The first kappa shape index (κ1) is 22.7. The van der Waals surface area contributed by atoms with Gasteiger partial charge in [-0.15, -0.1) is 0 Å². The molecule has 0 spiro atoms. The fourth-order valence-corrected chi connectivity index (χ4v) is 5.45.